The number of hydrogen-bond donors (Lipinski definition) is 0. The summed E-state index contributed by atoms with van der Waals surface area (Å²) in [6.45, 7) is 2.06. The Labute approximate surface area is 90.1 Å². The molecule has 4 heteroatoms. The quantitative estimate of drug-likeness (QED) is 0.732. The summed E-state index contributed by atoms with van der Waals surface area (Å²) in [5.41, 5.74) is 0.999. The highest BCUT2D eigenvalue weighted by molar-refractivity contribution is 5.14. The van der Waals surface area contributed by atoms with Gasteiger partial charge in [0.2, 0.25) is 0 Å². The maximum Gasteiger partial charge on any atom is 0.140 e. The number of piperidine rings is 1. The molecule has 1 aromatic heterocycles. The lowest BCUT2D eigenvalue weighted by Gasteiger charge is -2.30. The Hall–Kier alpha value is -1.34. The monoisotopic (exact) mass is 204 g/mol. The van der Waals surface area contributed by atoms with Crippen molar-refractivity contribution in [3.05, 3.63) is 18.2 Å². The maximum atomic E-state index is 9.24. The summed E-state index contributed by atoms with van der Waals surface area (Å²) in [6, 6.07) is 2.25. The van der Waals surface area contributed by atoms with Crippen LogP contribution in [0, 0.1) is 11.3 Å². The summed E-state index contributed by atoms with van der Waals surface area (Å²) in [5.74, 6) is 0. The number of rotatable bonds is 2. The second-order valence-corrected chi connectivity index (χ2v) is 4.06. The highest BCUT2D eigenvalue weighted by Gasteiger charge is 2.23. The Bertz CT molecular complexity index is 357. The van der Waals surface area contributed by atoms with E-state index >= 15 is 0 Å². The van der Waals surface area contributed by atoms with E-state index in [4.69, 9.17) is 0 Å². The fourth-order valence-electron chi connectivity index (χ4n) is 2.14. The molecule has 0 aliphatic carbocycles. The fraction of sp³-hybridized carbons (Fsp3) is 0.636. The van der Waals surface area contributed by atoms with Gasteiger partial charge in [-0.15, -0.1) is 0 Å². The van der Waals surface area contributed by atoms with Crippen LogP contribution in [0.2, 0.25) is 0 Å². The van der Waals surface area contributed by atoms with Gasteiger partial charge in [0.15, 0.2) is 0 Å². The van der Waals surface area contributed by atoms with Gasteiger partial charge in [-0.3, -0.25) is 4.90 Å². The zero-order valence-electron chi connectivity index (χ0n) is 9.06. The van der Waals surface area contributed by atoms with Gasteiger partial charge >= 0.3 is 0 Å². The molecule has 15 heavy (non-hydrogen) atoms. The molecular weight excluding hydrogens is 188 g/mol. The third-order valence-corrected chi connectivity index (χ3v) is 3.01. The van der Waals surface area contributed by atoms with Crippen LogP contribution in [0.4, 0.5) is 0 Å². The third-order valence-electron chi connectivity index (χ3n) is 3.01. The molecule has 1 aliphatic heterocycles. The standard InChI is InChI=1S/C11H16N4/c1-14-9-13-8-11(14)10(7-12)15-5-3-2-4-6-15/h8-10H,2-6H2,1H3. The number of hydrogen-bond acceptors (Lipinski definition) is 3. The van der Waals surface area contributed by atoms with Gasteiger partial charge in [0, 0.05) is 7.05 Å². The normalized spacial score (nSPS) is 19.7. The minimum atomic E-state index is -0.127. The summed E-state index contributed by atoms with van der Waals surface area (Å²) in [7, 11) is 1.94. The molecule has 0 bridgehead atoms. The molecule has 2 rings (SSSR count). The Balaban J connectivity index is 2.17. The van der Waals surface area contributed by atoms with E-state index in [-0.39, 0.29) is 6.04 Å². The van der Waals surface area contributed by atoms with Crippen LogP contribution in [0.1, 0.15) is 31.0 Å². The van der Waals surface area contributed by atoms with Crippen LogP contribution in [0.5, 0.6) is 0 Å². The van der Waals surface area contributed by atoms with Crippen molar-refractivity contribution in [2.45, 2.75) is 25.3 Å². The molecule has 1 fully saturated rings. The van der Waals surface area contributed by atoms with Crippen molar-refractivity contribution < 1.29 is 0 Å². The predicted molar refractivity (Wildman–Crippen MR) is 57.0 cm³/mol. The largest absolute Gasteiger partial charge is 0.335 e. The molecule has 0 aromatic carbocycles. The Morgan fingerprint density at radius 3 is 2.67 bits per heavy atom. The van der Waals surface area contributed by atoms with E-state index in [9.17, 15) is 5.26 Å². The van der Waals surface area contributed by atoms with Crippen LogP contribution in [0.3, 0.4) is 0 Å². The lowest BCUT2D eigenvalue weighted by molar-refractivity contribution is 0.191. The first-order chi connectivity index (χ1) is 7.33. The van der Waals surface area contributed by atoms with Crippen LogP contribution < -0.4 is 0 Å². The summed E-state index contributed by atoms with van der Waals surface area (Å²) in [4.78, 5) is 6.32. The van der Waals surface area contributed by atoms with Gasteiger partial charge in [-0.25, -0.2) is 4.98 Å². The Morgan fingerprint density at radius 2 is 2.13 bits per heavy atom. The summed E-state index contributed by atoms with van der Waals surface area (Å²) in [6.07, 6.45) is 7.25. The molecule has 1 aliphatic rings. The van der Waals surface area contributed by atoms with Crippen LogP contribution in [0.25, 0.3) is 0 Å². The van der Waals surface area contributed by atoms with Crippen LogP contribution in [0.15, 0.2) is 12.5 Å². The minimum Gasteiger partial charge on any atom is -0.335 e. The molecule has 1 atom stereocenters. The highest BCUT2D eigenvalue weighted by atomic mass is 15.2. The smallest absolute Gasteiger partial charge is 0.140 e. The number of nitriles is 1. The molecule has 0 saturated carbocycles. The van der Waals surface area contributed by atoms with E-state index in [1.54, 1.807) is 12.5 Å². The van der Waals surface area contributed by atoms with Crippen molar-refractivity contribution in [1.29, 1.82) is 5.26 Å². The SMILES string of the molecule is Cn1cncc1C(C#N)N1CCCCC1. The second kappa shape index (κ2) is 4.45. The lowest BCUT2D eigenvalue weighted by atomic mass is 10.1. The van der Waals surface area contributed by atoms with Gasteiger partial charge in [-0.05, 0) is 25.9 Å². The van der Waals surface area contributed by atoms with Crippen molar-refractivity contribution in [3.8, 4) is 6.07 Å². The number of likely N-dealkylation sites (tertiary alicyclic amines) is 1. The summed E-state index contributed by atoms with van der Waals surface area (Å²) >= 11 is 0. The van der Waals surface area contributed by atoms with E-state index in [0.29, 0.717) is 0 Å². The van der Waals surface area contributed by atoms with Gasteiger partial charge in [-0.2, -0.15) is 5.26 Å². The number of aromatic nitrogens is 2. The first-order valence-electron chi connectivity index (χ1n) is 5.43. The maximum absolute atomic E-state index is 9.24. The topological polar surface area (TPSA) is 44.9 Å². The van der Waals surface area contributed by atoms with E-state index in [0.717, 1.165) is 18.8 Å². The number of aryl methyl sites for hydroxylation is 1. The van der Waals surface area contributed by atoms with Crippen LogP contribution >= 0.6 is 0 Å². The number of nitrogens with zero attached hydrogens (tertiary/aromatic N) is 4. The molecule has 1 aromatic rings. The fourth-order valence-corrected chi connectivity index (χ4v) is 2.14. The molecule has 0 spiro atoms. The van der Waals surface area contributed by atoms with Crippen molar-refractivity contribution in [1.82, 2.24) is 14.5 Å². The van der Waals surface area contributed by atoms with Crippen molar-refractivity contribution in [2.24, 2.45) is 7.05 Å². The zero-order valence-corrected chi connectivity index (χ0v) is 9.06. The van der Waals surface area contributed by atoms with Crippen LogP contribution in [-0.2, 0) is 7.05 Å². The molecule has 0 N–H and O–H groups in total. The molecule has 4 nitrogen and oxygen atoms in total. The zero-order chi connectivity index (χ0) is 10.7. The van der Waals surface area contributed by atoms with E-state index < -0.39 is 0 Å². The summed E-state index contributed by atoms with van der Waals surface area (Å²) in [5, 5.41) is 9.24. The van der Waals surface area contributed by atoms with Crippen molar-refractivity contribution in [2.75, 3.05) is 13.1 Å². The molecule has 1 saturated heterocycles. The van der Waals surface area contributed by atoms with Crippen molar-refractivity contribution in [3.63, 3.8) is 0 Å². The van der Waals surface area contributed by atoms with Crippen molar-refractivity contribution >= 4 is 0 Å². The minimum absolute atomic E-state index is 0.127. The molecule has 0 amide bonds. The summed E-state index contributed by atoms with van der Waals surface area (Å²) < 4.78 is 1.93. The second-order valence-electron chi connectivity index (χ2n) is 4.06. The van der Waals surface area contributed by atoms with E-state index in [2.05, 4.69) is 16.0 Å². The Kier molecular flexibility index (Phi) is 3.02. The van der Waals surface area contributed by atoms with E-state index in [1.165, 1.54) is 19.3 Å². The molecule has 1 unspecified atom stereocenters. The van der Waals surface area contributed by atoms with Gasteiger partial charge in [0.25, 0.3) is 0 Å². The molecule has 80 valence electrons. The third kappa shape index (κ3) is 2.02. The Morgan fingerprint density at radius 1 is 1.40 bits per heavy atom. The highest BCUT2D eigenvalue weighted by Crippen LogP contribution is 2.23. The van der Waals surface area contributed by atoms with Gasteiger partial charge in [-0.1, -0.05) is 6.42 Å². The first-order valence-corrected chi connectivity index (χ1v) is 5.43. The number of imidazole rings is 1. The lowest BCUT2D eigenvalue weighted by Crippen LogP contribution is -2.33. The van der Waals surface area contributed by atoms with Gasteiger partial charge < -0.3 is 4.57 Å². The first kappa shape index (κ1) is 10.2. The average molecular weight is 204 g/mol. The van der Waals surface area contributed by atoms with Crippen LogP contribution in [-0.4, -0.2) is 27.5 Å². The van der Waals surface area contributed by atoms with Gasteiger partial charge in [0.1, 0.15) is 6.04 Å². The predicted octanol–water partition coefficient (Wildman–Crippen LogP) is 1.47. The van der Waals surface area contributed by atoms with E-state index in [1.807, 2.05) is 11.6 Å². The molecule has 2 heterocycles. The van der Waals surface area contributed by atoms with Gasteiger partial charge in [0.05, 0.1) is 24.3 Å². The average Bonchev–Trinajstić information content (AvgIpc) is 2.68. The molecular formula is C11H16N4. The molecule has 0 radical (unpaired) electrons.